The Hall–Kier alpha value is -2.69. The van der Waals surface area contributed by atoms with Gasteiger partial charge < -0.3 is 14.4 Å². The lowest BCUT2D eigenvalue weighted by molar-refractivity contribution is 0.0744. The van der Waals surface area contributed by atoms with Gasteiger partial charge in [0.2, 0.25) is 0 Å². The van der Waals surface area contributed by atoms with Crippen molar-refractivity contribution in [3.05, 3.63) is 93.5 Å². The third kappa shape index (κ3) is 5.47. The number of para-hydroxylation sites is 1. The van der Waals surface area contributed by atoms with E-state index in [1.54, 1.807) is 55.5 Å². The summed E-state index contributed by atoms with van der Waals surface area (Å²) in [5.74, 6) is 1.37. The molecule has 3 rings (SSSR count). The molecular formula is C24H23Cl2NO3. The summed E-state index contributed by atoms with van der Waals surface area (Å²) in [6.07, 6.45) is 0.604. The molecule has 0 aliphatic carbocycles. The van der Waals surface area contributed by atoms with E-state index in [0.717, 1.165) is 16.9 Å². The number of halogens is 2. The van der Waals surface area contributed by atoms with Crippen LogP contribution in [-0.4, -0.2) is 31.6 Å². The van der Waals surface area contributed by atoms with Crippen molar-refractivity contribution >= 4 is 29.1 Å². The van der Waals surface area contributed by atoms with Gasteiger partial charge in [-0.05, 0) is 54.4 Å². The van der Waals surface area contributed by atoms with Crippen molar-refractivity contribution in [3.63, 3.8) is 0 Å². The summed E-state index contributed by atoms with van der Waals surface area (Å²) >= 11 is 12.3. The van der Waals surface area contributed by atoms with Crippen LogP contribution in [0.4, 0.5) is 0 Å². The summed E-state index contributed by atoms with van der Waals surface area (Å²) in [7, 11) is 3.22. The number of benzene rings is 3. The molecule has 3 aromatic carbocycles. The Morgan fingerprint density at radius 3 is 2.30 bits per heavy atom. The quantitative estimate of drug-likeness (QED) is 0.435. The number of ether oxygens (including phenoxy) is 2. The SMILES string of the molecule is COc1ccc(C(=O)N(CCc2ccc(Cl)cc2Cl)Cc2ccccc2OC)cc1. The van der Waals surface area contributed by atoms with E-state index >= 15 is 0 Å². The van der Waals surface area contributed by atoms with Crippen LogP contribution in [0.15, 0.2) is 66.7 Å². The predicted octanol–water partition coefficient (Wildman–Crippen LogP) is 5.90. The first-order valence-electron chi connectivity index (χ1n) is 9.51. The molecule has 0 spiro atoms. The fourth-order valence-corrected chi connectivity index (χ4v) is 3.69. The van der Waals surface area contributed by atoms with Crippen LogP contribution in [0.2, 0.25) is 10.0 Å². The monoisotopic (exact) mass is 443 g/mol. The molecule has 0 unspecified atom stereocenters. The van der Waals surface area contributed by atoms with Gasteiger partial charge in [-0.3, -0.25) is 4.79 Å². The van der Waals surface area contributed by atoms with Gasteiger partial charge in [-0.15, -0.1) is 0 Å². The van der Waals surface area contributed by atoms with E-state index in [4.69, 9.17) is 32.7 Å². The molecule has 0 bridgehead atoms. The molecule has 0 saturated heterocycles. The molecule has 0 heterocycles. The number of hydrogen-bond donors (Lipinski definition) is 0. The normalized spacial score (nSPS) is 10.5. The molecule has 0 N–H and O–H groups in total. The van der Waals surface area contributed by atoms with Crippen LogP contribution in [0.5, 0.6) is 11.5 Å². The van der Waals surface area contributed by atoms with Crippen LogP contribution in [0.3, 0.4) is 0 Å². The molecule has 0 aliphatic heterocycles. The largest absolute Gasteiger partial charge is 0.497 e. The van der Waals surface area contributed by atoms with E-state index in [2.05, 4.69) is 0 Å². The minimum Gasteiger partial charge on any atom is -0.497 e. The highest BCUT2D eigenvalue weighted by atomic mass is 35.5. The van der Waals surface area contributed by atoms with Crippen LogP contribution in [0, 0.1) is 0 Å². The summed E-state index contributed by atoms with van der Waals surface area (Å²) in [5, 5.41) is 1.18. The number of hydrogen-bond acceptors (Lipinski definition) is 3. The lowest BCUT2D eigenvalue weighted by atomic mass is 10.1. The van der Waals surface area contributed by atoms with Gasteiger partial charge in [-0.25, -0.2) is 0 Å². The number of amides is 1. The Kier molecular flexibility index (Phi) is 7.61. The van der Waals surface area contributed by atoms with Gasteiger partial charge in [0.25, 0.3) is 5.91 Å². The summed E-state index contributed by atoms with van der Waals surface area (Å²) in [6, 6.07) is 20.2. The van der Waals surface area contributed by atoms with Crippen LogP contribution in [0.1, 0.15) is 21.5 Å². The predicted molar refractivity (Wildman–Crippen MR) is 121 cm³/mol. The minimum absolute atomic E-state index is 0.0753. The van der Waals surface area contributed by atoms with Crippen molar-refractivity contribution in [1.82, 2.24) is 4.90 Å². The average molecular weight is 444 g/mol. The van der Waals surface area contributed by atoms with Crippen molar-refractivity contribution in [3.8, 4) is 11.5 Å². The zero-order valence-electron chi connectivity index (χ0n) is 16.9. The third-order valence-corrected chi connectivity index (χ3v) is 5.43. The van der Waals surface area contributed by atoms with E-state index in [1.165, 1.54) is 0 Å². The Morgan fingerprint density at radius 2 is 1.63 bits per heavy atom. The molecule has 3 aromatic rings. The topological polar surface area (TPSA) is 38.8 Å². The number of carbonyl (C=O) groups excluding carboxylic acids is 1. The fourth-order valence-electron chi connectivity index (χ4n) is 3.19. The van der Waals surface area contributed by atoms with Gasteiger partial charge in [0.15, 0.2) is 0 Å². The zero-order valence-corrected chi connectivity index (χ0v) is 18.4. The zero-order chi connectivity index (χ0) is 21.5. The van der Waals surface area contributed by atoms with E-state index in [-0.39, 0.29) is 5.91 Å². The highest BCUT2D eigenvalue weighted by Gasteiger charge is 2.18. The fraction of sp³-hybridized carbons (Fsp3) is 0.208. The molecule has 156 valence electrons. The molecule has 0 radical (unpaired) electrons. The average Bonchev–Trinajstić information content (AvgIpc) is 2.77. The summed E-state index contributed by atoms with van der Waals surface area (Å²) in [6.45, 7) is 0.907. The molecule has 0 fully saturated rings. The summed E-state index contributed by atoms with van der Waals surface area (Å²) in [4.78, 5) is 15.1. The first-order chi connectivity index (χ1) is 14.5. The maximum absolute atomic E-state index is 13.3. The lowest BCUT2D eigenvalue weighted by Gasteiger charge is -2.24. The van der Waals surface area contributed by atoms with E-state index in [0.29, 0.717) is 40.9 Å². The Bertz CT molecular complexity index is 1010. The van der Waals surface area contributed by atoms with Crippen LogP contribution in [0.25, 0.3) is 0 Å². The maximum atomic E-state index is 13.3. The highest BCUT2D eigenvalue weighted by Crippen LogP contribution is 2.24. The maximum Gasteiger partial charge on any atom is 0.254 e. The summed E-state index contributed by atoms with van der Waals surface area (Å²) < 4.78 is 10.7. The second-order valence-electron chi connectivity index (χ2n) is 6.75. The first-order valence-corrected chi connectivity index (χ1v) is 10.3. The van der Waals surface area contributed by atoms with E-state index < -0.39 is 0 Å². The molecule has 4 nitrogen and oxygen atoms in total. The molecule has 30 heavy (non-hydrogen) atoms. The molecule has 6 heteroatoms. The molecule has 0 atom stereocenters. The van der Waals surface area contributed by atoms with Crippen molar-refractivity contribution in [1.29, 1.82) is 0 Å². The van der Waals surface area contributed by atoms with Crippen molar-refractivity contribution in [2.24, 2.45) is 0 Å². The van der Waals surface area contributed by atoms with E-state index in [9.17, 15) is 4.79 Å². The Labute approximate surface area is 186 Å². The molecule has 0 saturated carbocycles. The van der Waals surface area contributed by atoms with Crippen LogP contribution in [-0.2, 0) is 13.0 Å². The number of methoxy groups -OCH3 is 2. The minimum atomic E-state index is -0.0753. The van der Waals surface area contributed by atoms with Gasteiger partial charge in [0, 0.05) is 34.3 Å². The number of nitrogens with zero attached hydrogens (tertiary/aromatic N) is 1. The lowest BCUT2D eigenvalue weighted by Crippen LogP contribution is -2.32. The van der Waals surface area contributed by atoms with Crippen LogP contribution < -0.4 is 9.47 Å². The van der Waals surface area contributed by atoms with Gasteiger partial charge in [0.1, 0.15) is 11.5 Å². The molecule has 1 amide bonds. The number of carbonyl (C=O) groups is 1. The molecular weight excluding hydrogens is 421 g/mol. The Morgan fingerprint density at radius 1 is 0.900 bits per heavy atom. The molecule has 0 aliphatic rings. The standard InChI is InChI=1S/C24H23Cl2NO3/c1-29-21-11-8-18(9-12-21)24(28)27(16-19-5-3-4-6-23(19)30-2)14-13-17-7-10-20(25)15-22(17)26/h3-12,15H,13-14,16H2,1-2H3. The van der Waals surface area contributed by atoms with E-state index in [1.807, 2.05) is 30.3 Å². The van der Waals surface area contributed by atoms with Crippen molar-refractivity contribution in [2.45, 2.75) is 13.0 Å². The smallest absolute Gasteiger partial charge is 0.254 e. The second-order valence-corrected chi connectivity index (χ2v) is 7.60. The van der Waals surface area contributed by atoms with Crippen molar-refractivity contribution < 1.29 is 14.3 Å². The first kappa shape index (κ1) is 22.0. The highest BCUT2D eigenvalue weighted by molar-refractivity contribution is 6.35. The van der Waals surface area contributed by atoms with Crippen molar-refractivity contribution in [2.75, 3.05) is 20.8 Å². The van der Waals surface area contributed by atoms with Crippen LogP contribution >= 0.6 is 23.2 Å². The third-order valence-electron chi connectivity index (χ3n) is 4.84. The van der Waals surface area contributed by atoms with Gasteiger partial charge in [-0.2, -0.15) is 0 Å². The second kappa shape index (κ2) is 10.4. The molecule has 0 aromatic heterocycles. The Balaban J connectivity index is 1.85. The van der Waals surface area contributed by atoms with Gasteiger partial charge in [-0.1, -0.05) is 47.5 Å². The number of rotatable bonds is 8. The van der Waals surface area contributed by atoms with Gasteiger partial charge in [0.05, 0.1) is 14.2 Å². The van der Waals surface area contributed by atoms with Gasteiger partial charge >= 0.3 is 0 Å². The summed E-state index contributed by atoms with van der Waals surface area (Å²) in [5.41, 5.74) is 2.46.